The van der Waals surface area contributed by atoms with Crippen LogP contribution in [0.25, 0.3) is 56.8 Å². The van der Waals surface area contributed by atoms with E-state index in [4.69, 9.17) is 47.0 Å². The van der Waals surface area contributed by atoms with Gasteiger partial charge >= 0.3 is 0 Å². The molecule has 0 unspecified atom stereocenters. The second kappa shape index (κ2) is 16.5. The molecule has 63 heavy (non-hydrogen) atoms. The maximum atomic E-state index is 14.0. The van der Waals surface area contributed by atoms with Crippen molar-refractivity contribution < 1.29 is 46.3 Å². The van der Waals surface area contributed by atoms with E-state index in [2.05, 4.69) is 35.6 Å². The van der Waals surface area contributed by atoms with Gasteiger partial charge in [-0.2, -0.15) is 0 Å². The van der Waals surface area contributed by atoms with Crippen molar-refractivity contribution in [1.82, 2.24) is 40.5 Å². The summed E-state index contributed by atoms with van der Waals surface area (Å²) in [6, 6.07) is 11.1. The van der Waals surface area contributed by atoms with Crippen molar-refractivity contribution in [3.63, 3.8) is 0 Å². The highest BCUT2D eigenvalue weighted by Crippen LogP contribution is 2.35. The van der Waals surface area contributed by atoms with Crippen LogP contribution in [-0.4, -0.2) is 58.5 Å². The molecule has 2 aromatic carbocycles. The molecule has 7 heterocycles. The van der Waals surface area contributed by atoms with Gasteiger partial charge in [-0.25, -0.2) is 29.9 Å². The van der Waals surface area contributed by atoms with Crippen LogP contribution >= 0.6 is 0 Å². The van der Waals surface area contributed by atoms with Crippen LogP contribution in [0, 0.1) is 20.8 Å². The number of benzene rings is 2. The van der Waals surface area contributed by atoms with Gasteiger partial charge in [0.05, 0.1) is 0 Å². The first-order valence-electron chi connectivity index (χ1n) is 19.5. The quantitative estimate of drug-likeness (QED) is 0.0495. The highest BCUT2D eigenvalue weighted by atomic mass is 16.4. The van der Waals surface area contributed by atoms with Gasteiger partial charge in [0.15, 0.2) is 34.2 Å². The molecule has 0 aliphatic carbocycles. The minimum atomic E-state index is -0.881. The van der Waals surface area contributed by atoms with E-state index in [9.17, 15) is 19.8 Å². The molecule has 0 saturated heterocycles. The Balaban J connectivity index is 1.16. The molecule has 4 N–H and O–H groups in total. The Bertz CT molecular complexity index is 3020. The molecule has 2 amide bonds. The maximum Gasteiger partial charge on any atom is 0.273 e. The van der Waals surface area contributed by atoms with Gasteiger partial charge in [0.2, 0.25) is 35.3 Å². The fraction of sp³-hybridized carbons (Fsp3) is 0.238. The number of carbonyl (C=O) groups is 2. The number of aromatic nitrogens is 6. The molecule has 2 atom stereocenters. The zero-order chi connectivity index (χ0) is 43.8. The molecule has 0 fully saturated rings. The summed E-state index contributed by atoms with van der Waals surface area (Å²) < 4.78 is 36.2. The number of nitrogens with zero attached hydrogens (tertiary/aromatic N) is 9. The average molecular weight is 854 g/mol. The first-order chi connectivity index (χ1) is 30.5. The van der Waals surface area contributed by atoms with E-state index in [1.807, 2.05) is 0 Å². The summed E-state index contributed by atoms with van der Waals surface area (Å²) in [5.74, 6) is 0.352. The predicted molar refractivity (Wildman–Crippen MR) is 216 cm³/mol. The zero-order valence-electron chi connectivity index (χ0n) is 33.6. The van der Waals surface area contributed by atoms with E-state index in [0.29, 0.717) is 29.5 Å². The third-order valence-electron chi connectivity index (χ3n) is 10.1. The third-order valence-corrected chi connectivity index (χ3v) is 10.1. The SMILES string of the molecule is Cc1oc2nc1-c1nc(co1)C(=O)N[C@@H](Cc1ccc(O)cc1)c1nc(c(C)o1)-c1nc(c(CCCN=[N+]=[N-])o1)-c1nc(co1)C(=O)N[C@@H](Cc1ccc(O)cc1)c1nc-2c(C)o1. The molecule has 6 aromatic heterocycles. The summed E-state index contributed by atoms with van der Waals surface area (Å²) in [7, 11) is 0. The van der Waals surface area contributed by atoms with Gasteiger partial charge in [0.1, 0.15) is 59.2 Å². The second-order valence-electron chi connectivity index (χ2n) is 14.6. The van der Waals surface area contributed by atoms with E-state index in [0.717, 1.165) is 11.1 Å². The van der Waals surface area contributed by atoms with Crippen LogP contribution in [0.3, 0.4) is 0 Å². The number of carbonyl (C=O) groups excluding carboxylic acids is 2. The van der Waals surface area contributed by atoms with Crippen LogP contribution in [-0.2, 0) is 19.3 Å². The van der Waals surface area contributed by atoms with Gasteiger partial charge in [0, 0.05) is 30.7 Å². The lowest BCUT2D eigenvalue weighted by Crippen LogP contribution is -2.30. The normalized spacial score (nSPS) is 15.0. The van der Waals surface area contributed by atoms with Crippen molar-refractivity contribution in [2.24, 2.45) is 5.11 Å². The lowest BCUT2D eigenvalue weighted by atomic mass is 10.1. The van der Waals surface area contributed by atoms with E-state index in [1.54, 1.807) is 45.0 Å². The number of nitrogens with one attached hydrogen (secondary N) is 2. The summed E-state index contributed by atoms with van der Waals surface area (Å²) in [6.07, 6.45) is 3.34. The molecule has 21 heteroatoms. The topological polar surface area (TPSA) is 304 Å². The molecular formula is C42H35N11O10. The van der Waals surface area contributed by atoms with E-state index in [-0.39, 0.29) is 107 Å². The minimum Gasteiger partial charge on any atom is -0.508 e. The highest BCUT2D eigenvalue weighted by molar-refractivity contribution is 5.93. The Morgan fingerprint density at radius 2 is 1.08 bits per heavy atom. The van der Waals surface area contributed by atoms with Crippen LogP contribution < -0.4 is 10.6 Å². The summed E-state index contributed by atoms with van der Waals surface area (Å²) in [4.78, 5) is 58.4. The van der Waals surface area contributed by atoms with Crippen molar-refractivity contribution in [3.8, 4) is 57.8 Å². The molecule has 9 rings (SSSR count). The summed E-state index contributed by atoms with van der Waals surface area (Å²) >= 11 is 0. The number of hydrogen-bond donors (Lipinski definition) is 4. The van der Waals surface area contributed by atoms with Gasteiger partial charge in [-0.15, -0.1) is 0 Å². The predicted octanol–water partition coefficient (Wildman–Crippen LogP) is 7.60. The number of hydrogen-bond acceptors (Lipinski definition) is 17. The summed E-state index contributed by atoms with van der Waals surface area (Å²) in [5.41, 5.74) is 11.0. The molecular weight excluding hydrogens is 819 g/mol. The third kappa shape index (κ3) is 8.22. The number of fused-ring (bicyclic) bond motifs is 16. The Morgan fingerprint density at radius 1 is 0.619 bits per heavy atom. The smallest absolute Gasteiger partial charge is 0.273 e. The number of rotatable bonds is 8. The Kier molecular flexibility index (Phi) is 10.5. The largest absolute Gasteiger partial charge is 0.508 e. The van der Waals surface area contributed by atoms with E-state index < -0.39 is 23.9 Å². The van der Waals surface area contributed by atoms with Crippen molar-refractivity contribution in [3.05, 3.63) is 129 Å². The average Bonchev–Trinajstić information content (AvgIpc) is 4.13. The minimum absolute atomic E-state index is 0.00722. The standard InChI is InChI=1S/C42H35N11O10/c1-19-31-39-47-28(17-58-39)35(56)45-27(16-23-8-12-25(55)13-9-23)38-50-33(21(3)61-38)42-52-34(30(63-42)5-4-14-44-53-43)40-48-29(18-59-40)36(57)46-26(15-22-6-10-24(54)11-7-22)37-49-32(20(2)60-37)41(51-31)62-19/h6-13,17-18,26-27,54-55H,4-5,14-16H2,1-3H3,(H,45,56)(H,46,57)/t26-,27-/m0/s1. The molecule has 21 nitrogen and oxygen atoms in total. The maximum absolute atomic E-state index is 14.0. The van der Waals surface area contributed by atoms with Gasteiger partial charge in [0.25, 0.3) is 11.8 Å². The number of aromatic hydroxyl groups is 2. The second-order valence-corrected chi connectivity index (χ2v) is 14.6. The fourth-order valence-corrected chi connectivity index (χ4v) is 6.94. The molecule has 318 valence electrons. The fourth-order valence-electron chi connectivity index (χ4n) is 6.94. The number of phenols is 2. The molecule has 0 radical (unpaired) electrons. The van der Waals surface area contributed by atoms with Gasteiger partial charge in [-0.3, -0.25) is 9.59 Å². The van der Waals surface area contributed by atoms with Crippen LogP contribution in [0.5, 0.6) is 11.5 Å². The Morgan fingerprint density at radius 3 is 1.60 bits per heavy atom. The van der Waals surface area contributed by atoms with Crippen LogP contribution in [0.2, 0.25) is 0 Å². The molecule has 0 spiro atoms. The van der Waals surface area contributed by atoms with Gasteiger partial charge in [-0.05, 0) is 68.1 Å². The first kappa shape index (κ1) is 40.0. The van der Waals surface area contributed by atoms with E-state index >= 15 is 0 Å². The van der Waals surface area contributed by atoms with Gasteiger partial charge < -0.3 is 47.3 Å². The number of azide groups is 1. The van der Waals surface area contributed by atoms with Crippen molar-refractivity contribution >= 4 is 11.8 Å². The van der Waals surface area contributed by atoms with Crippen LogP contribution in [0.4, 0.5) is 0 Å². The van der Waals surface area contributed by atoms with Gasteiger partial charge in [-0.1, -0.05) is 29.4 Å². The lowest BCUT2D eigenvalue weighted by molar-refractivity contribution is 0.0917. The monoisotopic (exact) mass is 853 g/mol. The zero-order valence-corrected chi connectivity index (χ0v) is 33.6. The number of phenolic OH excluding ortho intramolecular Hbond substituents is 2. The number of aryl methyl sites for hydroxylation is 4. The van der Waals surface area contributed by atoms with Crippen LogP contribution in [0.1, 0.15) is 85.4 Å². The molecule has 0 saturated carbocycles. The van der Waals surface area contributed by atoms with Crippen molar-refractivity contribution in [2.75, 3.05) is 6.54 Å². The molecule has 12 bridgehead atoms. The first-order valence-corrected chi connectivity index (χ1v) is 19.5. The molecule has 1 aliphatic rings. The number of oxazole rings is 6. The Hall–Kier alpha value is -8.45. The van der Waals surface area contributed by atoms with Crippen molar-refractivity contribution in [1.29, 1.82) is 0 Å². The molecule has 8 aromatic rings. The Labute approximate surface area is 354 Å². The van der Waals surface area contributed by atoms with E-state index in [1.165, 1.54) is 36.8 Å². The highest BCUT2D eigenvalue weighted by Gasteiger charge is 2.31. The van der Waals surface area contributed by atoms with Crippen LogP contribution in [0.15, 0.2) is 92.7 Å². The lowest BCUT2D eigenvalue weighted by Gasteiger charge is -2.15. The van der Waals surface area contributed by atoms with Crippen molar-refractivity contribution in [2.45, 2.75) is 58.5 Å². The molecule has 1 aliphatic heterocycles. The summed E-state index contributed by atoms with van der Waals surface area (Å²) in [6.45, 7) is 5.13. The number of amides is 2. The summed E-state index contributed by atoms with van der Waals surface area (Å²) in [5, 5.41) is 29.4.